The Morgan fingerprint density at radius 3 is 2.62 bits per heavy atom. The molecule has 2 N–H and O–H groups in total. The SMILES string of the molecule is CN=C(NCc1ccc(-n2cncn2)cc1)NCC(c1cccc(OC)c1)N1CCCC1. The summed E-state index contributed by atoms with van der Waals surface area (Å²) in [7, 11) is 3.52. The van der Waals surface area contributed by atoms with Crippen molar-refractivity contribution in [2.75, 3.05) is 33.8 Å². The summed E-state index contributed by atoms with van der Waals surface area (Å²) in [6.07, 6.45) is 5.72. The highest BCUT2D eigenvalue weighted by molar-refractivity contribution is 5.79. The zero-order valence-corrected chi connectivity index (χ0v) is 18.7. The van der Waals surface area contributed by atoms with Crippen molar-refractivity contribution < 1.29 is 4.74 Å². The van der Waals surface area contributed by atoms with Crippen LogP contribution in [-0.4, -0.2) is 59.4 Å². The molecule has 0 bridgehead atoms. The first-order valence-electron chi connectivity index (χ1n) is 11.0. The van der Waals surface area contributed by atoms with Gasteiger partial charge >= 0.3 is 0 Å². The Labute approximate surface area is 189 Å². The molecular formula is C24H31N7O. The molecule has 1 saturated heterocycles. The van der Waals surface area contributed by atoms with Crippen molar-refractivity contribution in [2.45, 2.75) is 25.4 Å². The zero-order valence-electron chi connectivity index (χ0n) is 18.7. The van der Waals surface area contributed by atoms with Crippen molar-refractivity contribution in [3.05, 3.63) is 72.3 Å². The average Bonchev–Trinajstić information content (AvgIpc) is 3.57. The van der Waals surface area contributed by atoms with Crippen molar-refractivity contribution in [2.24, 2.45) is 4.99 Å². The first-order valence-corrected chi connectivity index (χ1v) is 11.0. The van der Waals surface area contributed by atoms with E-state index in [4.69, 9.17) is 4.74 Å². The first-order chi connectivity index (χ1) is 15.8. The number of aromatic nitrogens is 3. The van der Waals surface area contributed by atoms with E-state index in [1.807, 2.05) is 18.2 Å². The van der Waals surface area contributed by atoms with Gasteiger partial charge in [-0.25, -0.2) is 9.67 Å². The van der Waals surface area contributed by atoms with Gasteiger partial charge in [0.1, 0.15) is 18.4 Å². The molecule has 1 aliphatic rings. The summed E-state index contributed by atoms with van der Waals surface area (Å²) in [5.41, 5.74) is 3.42. The van der Waals surface area contributed by atoms with E-state index in [-0.39, 0.29) is 6.04 Å². The molecular weight excluding hydrogens is 402 g/mol. The molecule has 168 valence electrons. The Kier molecular flexibility index (Phi) is 7.34. The third kappa shape index (κ3) is 5.45. The summed E-state index contributed by atoms with van der Waals surface area (Å²) >= 11 is 0. The molecule has 1 fully saturated rings. The van der Waals surface area contributed by atoms with Gasteiger partial charge in [-0.15, -0.1) is 0 Å². The monoisotopic (exact) mass is 433 g/mol. The van der Waals surface area contributed by atoms with Crippen molar-refractivity contribution in [3.63, 3.8) is 0 Å². The summed E-state index contributed by atoms with van der Waals surface area (Å²) in [6, 6.07) is 16.9. The number of rotatable bonds is 8. The standard InChI is InChI=1S/C24H31N7O/c1-25-24(27-15-19-8-10-21(11-9-19)31-18-26-17-29-31)28-16-23(30-12-3-4-13-30)20-6-5-7-22(14-20)32-2/h5-11,14,17-18,23H,3-4,12-13,15-16H2,1-2H3,(H2,25,27,28). The number of ether oxygens (including phenoxy) is 1. The Morgan fingerprint density at radius 2 is 1.94 bits per heavy atom. The van der Waals surface area contributed by atoms with Crippen molar-refractivity contribution >= 4 is 5.96 Å². The van der Waals surface area contributed by atoms with Crippen molar-refractivity contribution in [3.8, 4) is 11.4 Å². The molecule has 8 nitrogen and oxygen atoms in total. The van der Waals surface area contributed by atoms with Crippen LogP contribution in [0.15, 0.2) is 66.2 Å². The smallest absolute Gasteiger partial charge is 0.191 e. The number of hydrogen-bond donors (Lipinski definition) is 2. The number of hydrogen-bond acceptors (Lipinski definition) is 5. The van der Waals surface area contributed by atoms with Crippen LogP contribution in [0.5, 0.6) is 5.75 Å². The molecule has 1 aromatic heterocycles. The number of nitrogens with one attached hydrogen (secondary N) is 2. The molecule has 0 radical (unpaired) electrons. The average molecular weight is 434 g/mol. The lowest BCUT2D eigenvalue weighted by atomic mass is 10.1. The lowest BCUT2D eigenvalue weighted by molar-refractivity contribution is 0.245. The van der Waals surface area contributed by atoms with Crippen LogP contribution in [0, 0.1) is 0 Å². The number of guanidine groups is 1. The predicted octanol–water partition coefficient (Wildman–Crippen LogP) is 2.78. The lowest BCUT2D eigenvalue weighted by Gasteiger charge is -2.29. The van der Waals surface area contributed by atoms with E-state index < -0.39 is 0 Å². The fourth-order valence-electron chi connectivity index (χ4n) is 4.07. The van der Waals surface area contributed by atoms with E-state index in [9.17, 15) is 0 Å². The van der Waals surface area contributed by atoms with Crippen LogP contribution in [0.25, 0.3) is 5.69 Å². The zero-order chi connectivity index (χ0) is 22.2. The minimum atomic E-state index is 0.271. The molecule has 3 aromatic rings. The van der Waals surface area contributed by atoms with E-state index in [0.717, 1.165) is 37.0 Å². The number of nitrogens with zero attached hydrogens (tertiary/aromatic N) is 5. The molecule has 2 heterocycles. The molecule has 1 unspecified atom stereocenters. The third-order valence-corrected chi connectivity index (χ3v) is 5.83. The van der Waals surface area contributed by atoms with E-state index in [0.29, 0.717) is 6.54 Å². The van der Waals surface area contributed by atoms with Crippen LogP contribution >= 0.6 is 0 Å². The van der Waals surface area contributed by atoms with Crippen LogP contribution in [0.1, 0.15) is 30.0 Å². The number of aliphatic imine (C=N–C) groups is 1. The summed E-state index contributed by atoms with van der Waals surface area (Å²) in [6.45, 7) is 3.70. The second-order valence-electron chi connectivity index (χ2n) is 7.85. The van der Waals surface area contributed by atoms with Crippen molar-refractivity contribution in [1.82, 2.24) is 30.3 Å². The first kappa shape index (κ1) is 21.8. The third-order valence-electron chi connectivity index (χ3n) is 5.83. The minimum Gasteiger partial charge on any atom is -0.497 e. The van der Waals surface area contributed by atoms with Gasteiger partial charge in [0.15, 0.2) is 5.96 Å². The maximum Gasteiger partial charge on any atom is 0.191 e. The molecule has 1 aliphatic heterocycles. The van der Waals surface area contributed by atoms with Crippen LogP contribution in [0.4, 0.5) is 0 Å². The van der Waals surface area contributed by atoms with E-state index in [2.05, 4.69) is 60.9 Å². The molecule has 0 amide bonds. The maximum absolute atomic E-state index is 5.45. The Morgan fingerprint density at radius 1 is 1.12 bits per heavy atom. The quantitative estimate of drug-likeness (QED) is 0.420. The van der Waals surface area contributed by atoms with Crippen LogP contribution in [-0.2, 0) is 6.54 Å². The number of likely N-dealkylation sites (tertiary alicyclic amines) is 1. The highest BCUT2D eigenvalue weighted by atomic mass is 16.5. The lowest BCUT2D eigenvalue weighted by Crippen LogP contribution is -2.42. The summed E-state index contributed by atoms with van der Waals surface area (Å²) in [5, 5.41) is 11.1. The van der Waals surface area contributed by atoms with Crippen LogP contribution in [0.3, 0.4) is 0 Å². The van der Waals surface area contributed by atoms with Crippen LogP contribution < -0.4 is 15.4 Å². The summed E-state index contributed by atoms with van der Waals surface area (Å²) < 4.78 is 7.19. The van der Waals surface area contributed by atoms with E-state index >= 15 is 0 Å². The van der Waals surface area contributed by atoms with E-state index in [1.54, 1.807) is 25.2 Å². The van der Waals surface area contributed by atoms with Gasteiger partial charge in [0, 0.05) is 20.1 Å². The van der Waals surface area contributed by atoms with Gasteiger partial charge in [0.2, 0.25) is 0 Å². The Balaban J connectivity index is 1.36. The number of methoxy groups -OCH3 is 1. The second kappa shape index (κ2) is 10.8. The maximum atomic E-state index is 5.45. The van der Waals surface area contributed by atoms with Gasteiger partial charge in [-0.2, -0.15) is 5.10 Å². The Bertz CT molecular complexity index is 995. The fourth-order valence-corrected chi connectivity index (χ4v) is 4.07. The molecule has 0 saturated carbocycles. The molecule has 2 aromatic carbocycles. The van der Waals surface area contributed by atoms with Gasteiger partial charge in [-0.3, -0.25) is 9.89 Å². The van der Waals surface area contributed by atoms with Gasteiger partial charge < -0.3 is 15.4 Å². The molecule has 8 heteroatoms. The topological polar surface area (TPSA) is 79.6 Å². The highest BCUT2D eigenvalue weighted by Crippen LogP contribution is 2.27. The van der Waals surface area contributed by atoms with Gasteiger partial charge in [-0.1, -0.05) is 24.3 Å². The number of benzene rings is 2. The largest absolute Gasteiger partial charge is 0.497 e. The molecule has 4 rings (SSSR count). The van der Waals surface area contributed by atoms with Gasteiger partial charge in [-0.05, 0) is 61.3 Å². The predicted molar refractivity (Wildman–Crippen MR) is 126 cm³/mol. The molecule has 32 heavy (non-hydrogen) atoms. The second-order valence-corrected chi connectivity index (χ2v) is 7.85. The van der Waals surface area contributed by atoms with Gasteiger partial charge in [0.25, 0.3) is 0 Å². The van der Waals surface area contributed by atoms with E-state index in [1.165, 1.54) is 30.3 Å². The summed E-state index contributed by atoms with van der Waals surface area (Å²) in [4.78, 5) is 10.9. The highest BCUT2D eigenvalue weighted by Gasteiger charge is 2.24. The normalized spacial score (nSPS) is 15.5. The summed E-state index contributed by atoms with van der Waals surface area (Å²) in [5.74, 6) is 1.68. The molecule has 1 atom stereocenters. The minimum absolute atomic E-state index is 0.271. The van der Waals surface area contributed by atoms with Crippen molar-refractivity contribution in [1.29, 1.82) is 0 Å². The van der Waals surface area contributed by atoms with Gasteiger partial charge in [0.05, 0.1) is 18.8 Å². The Hall–Kier alpha value is -3.39. The van der Waals surface area contributed by atoms with Crippen LogP contribution in [0.2, 0.25) is 0 Å². The molecule has 0 spiro atoms. The molecule has 0 aliphatic carbocycles. The fraction of sp³-hybridized carbons (Fsp3) is 0.375.